The van der Waals surface area contributed by atoms with Crippen molar-refractivity contribution in [2.75, 3.05) is 24.2 Å². The summed E-state index contributed by atoms with van der Waals surface area (Å²) in [6.07, 6.45) is 7.91. The topological polar surface area (TPSA) is 40.6 Å². The number of carbonyl (C=O) groups excluding carboxylic acids is 2. The lowest BCUT2D eigenvalue weighted by molar-refractivity contribution is -0.129. The Balaban J connectivity index is 1.47. The average molecular weight is 423 g/mol. The number of thioether (sulfide) groups is 1. The van der Waals surface area contributed by atoms with Crippen molar-refractivity contribution in [3.63, 3.8) is 0 Å². The van der Waals surface area contributed by atoms with Gasteiger partial charge in [-0.1, -0.05) is 49.6 Å². The second-order valence-corrected chi connectivity index (χ2v) is 9.29. The molecule has 5 heteroatoms. The number of aryl methyl sites for hydroxylation is 1. The van der Waals surface area contributed by atoms with E-state index in [1.807, 2.05) is 59.3 Å². The number of hydrogen-bond donors (Lipinski definition) is 0. The minimum atomic E-state index is 0.0262. The van der Waals surface area contributed by atoms with Crippen LogP contribution in [0.3, 0.4) is 0 Å². The van der Waals surface area contributed by atoms with Crippen molar-refractivity contribution in [3.8, 4) is 0 Å². The Morgan fingerprint density at radius 2 is 1.73 bits per heavy atom. The molecule has 4 nitrogen and oxygen atoms in total. The maximum atomic E-state index is 13.4. The summed E-state index contributed by atoms with van der Waals surface area (Å²) in [7, 11) is 1.93. The molecular weight excluding hydrogens is 392 g/mol. The van der Waals surface area contributed by atoms with Gasteiger partial charge in [0.1, 0.15) is 0 Å². The fourth-order valence-corrected chi connectivity index (χ4v) is 5.54. The molecule has 0 radical (unpaired) electrons. The molecule has 0 atom stereocenters. The number of hydrogen-bond acceptors (Lipinski definition) is 3. The summed E-state index contributed by atoms with van der Waals surface area (Å²) in [5.41, 5.74) is 2.93. The second kappa shape index (κ2) is 9.69. The molecule has 1 aliphatic carbocycles. The molecule has 0 spiro atoms. The lowest BCUT2D eigenvalue weighted by Crippen LogP contribution is -2.39. The number of rotatable bonds is 5. The van der Waals surface area contributed by atoms with Crippen LogP contribution in [0.15, 0.2) is 53.4 Å². The maximum absolute atomic E-state index is 13.4. The number of fused-ring (bicyclic) bond motifs is 1. The highest BCUT2D eigenvalue weighted by Crippen LogP contribution is 2.31. The Hall–Kier alpha value is -2.27. The van der Waals surface area contributed by atoms with E-state index in [9.17, 15) is 9.59 Å². The lowest BCUT2D eigenvalue weighted by Gasteiger charge is -2.31. The molecule has 0 N–H and O–H groups in total. The van der Waals surface area contributed by atoms with Crippen LogP contribution in [0.4, 0.5) is 5.69 Å². The third-order valence-corrected chi connectivity index (χ3v) is 7.40. The summed E-state index contributed by atoms with van der Waals surface area (Å²) >= 11 is 1.48. The van der Waals surface area contributed by atoms with E-state index in [4.69, 9.17) is 0 Å². The molecule has 0 saturated heterocycles. The number of carbonyl (C=O) groups is 2. The first-order chi connectivity index (χ1) is 14.6. The zero-order valence-corrected chi connectivity index (χ0v) is 18.5. The van der Waals surface area contributed by atoms with Gasteiger partial charge in [0.2, 0.25) is 5.91 Å². The highest BCUT2D eigenvalue weighted by atomic mass is 32.2. The molecule has 4 rings (SSSR count). The fourth-order valence-electron chi connectivity index (χ4n) is 4.57. The molecule has 0 unspecified atom stereocenters. The summed E-state index contributed by atoms with van der Waals surface area (Å²) < 4.78 is 0. The monoisotopic (exact) mass is 422 g/mol. The van der Waals surface area contributed by atoms with Crippen LogP contribution in [-0.4, -0.2) is 42.1 Å². The first kappa shape index (κ1) is 21.0. The Morgan fingerprint density at radius 3 is 2.57 bits per heavy atom. The van der Waals surface area contributed by atoms with E-state index in [-0.39, 0.29) is 11.8 Å². The smallest absolute Gasteiger partial charge is 0.259 e. The first-order valence-corrected chi connectivity index (χ1v) is 12.0. The minimum absolute atomic E-state index is 0.0262. The van der Waals surface area contributed by atoms with Crippen LogP contribution < -0.4 is 4.90 Å². The van der Waals surface area contributed by atoms with Gasteiger partial charge in [0.25, 0.3) is 5.91 Å². The van der Waals surface area contributed by atoms with Crippen LogP contribution >= 0.6 is 11.8 Å². The molecule has 158 valence electrons. The molecule has 30 heavy (non-hydrogen) atoms. The van der Waals surface area contributed by atoms with E-state index in [2.05, 4.69) is 6.07 Å². The van der Waals surface area contributed by atoms with Gasteiger partial charge >= 0.3 is 0 Å². The largest absolute Gasteiger partial charge is 0.342 e. The van der Waals surface area contributed by atoms with E-state index < -0.39 is 0 Å². The van der Waals surface area contributed by atoms with Gasteiger partial charge in [0.15, 0.2) is 0 Å². The molecule has 0 aromatic heterocycles. The zero-order valence-electron chi connectivity index (χ0n) is 17.7. The van der Waals surface area contributed by atoms with Gasteiger partial charge in [-0.25, -0.2) is 0 Å². The summed E-state index contributed by atoms with van der Waals surface area (Å²) in [6, 6.07) is 16.2. The van der Waals surface area contributed by atoms with Crippen molar-refractivity contribution in [3.05, 3.63) is 59.7 Å². The predicted molar refractivity (Wildman–Crippen MR) is 123 cm³/mol. The summed E-state index contributed by atoms with van der Waals surface area (Å²) in [4.78, 5) is 30.9. The average Bonchev–Trinajstić information content (AvgIpc) is 2.82. The van der Waals surface area contributed by atoms with Gasteiger partial charge in [-0.2, -0.15) is 0 Å². The summed E-state index contributed by atoms with van der Waals surface area (Å²) in [5, 5.41) is 0. The van der Waals surface area contributed by atoms with Crippen molar-refractivity contribution >= 4 is 29.3 Å². The van der Waals surface area contributed by atoms with Crippen LogP contribution in [0, 0.1) is 0 Å². The van der Waals surface area contributed by atoms with E-state index in [0.29, 0.717) is 17.4 Å². The highest BCUT2D eigenvalue weighted by molar-refractivity contribution is 8.00. The van der Waals surface area contributed by atoms with E-state index >= 15 is 0 Å². The fraction of sp³-hybridized carbons (Fsp3) is 0.440. The van der Waals surface area contributed by atoms with Crippen LogP contribution in [0.2, 0.25) is 0 Å². The summed E-state index contributed by atoms with van der Waals surface area (Å²) in [5.74, 6) is 0.546. The lowest BCUT2D eigenvalue weighted by atomic mass is 9.94. The standard InChI is InChI=1S/C25H30N2O2S/c1-26(20-12-3-2-4-13-20)24(28)18-30-23-16-8-6-14-21(23)25(29)27-17-9-11-19-10-5-7-15-22(19)27/h5-8,10,14-16,20H,2-4,9,11-13,17-18H2,1H3. The van der Waals surface area contributed by atoms with Crippen molar-refractivity contribution in [1.82, 2.24) is 4.90 Å². The van der Waals surface area contributed by atoms with Gasteiger partial charge in [-0.05, 0) is 49.4 Å². The molecule has 1 fully saturated rings. The Labute approximate surface area is 183 Å². The maximum Gasteiger partial charge on any atom is 0.259 e. The van der Waals surface area contributed by atoms with Gasteiger partial charge in [0.05, 0.1) is 11.3 Å². The highest BCUT2D eigenvalue weighted by Gasteiger charge is 2.26. The number of anilines is 1. The zero-order chi connectivity index (χ0) is 20.9. The molecule has 2 aliphatic rings. The summed E-state index contributed by atoms with van der Waals surface area (Å²) in [6.45, 7) is 0.734. The molecule has 1 heterocycles. The van der Waals surface area contributed by atoms with Crippen LogP contribution in [0.5, 0.6) is 0 Å². The van der Waals surface area contributed by atoms with Crippen molar-refractivity contribution in [2.24, 2.45) is 0 Å². The number of amides is 2. The first-order valence-electron chi connectivity index (χ1n) is 11.0. The molecular formula is C25H30N2O2S. The van der Waals surface area contributed by atoms with Gasteiger partial charge in [-0.15, -0.1) is 11.8 Å². The van der Waals surface area contributed by atoms with Crippen LogP contribution in [0.1, 0.15) is 54.4 Å². The van der Waals surface area contributed by atoms with E-state index in [1.165, 1.54) is 36.6 Å². The van der Waals surface area contributed by atoms with Crippen LogP contribution in [0.25, 0.3) is 0 Å². The molecule has 2 aromatic rings. The molecule has 2 aromatic carbocycles. The molecule has 2 amide bonds. The Morgan fingerprint density at radius 1 is 1.00 bits per heavy atom. The molecule has 0 bridgehead atoms. The van der Waals surface area contributed by atoms with Gasteiger partial charge < -0.3 is 9.80 Å². The number of para-hydroxylation sites is 1. The SMILES string of the molecule is CN(C(=O)CSc1ccccc1C(=O)N1CCCc2ccccc21)C1CCCCC1. The quantitative estimate of drug-likeness (QED) is 0.625. The second-order valence-electron chi connectivity index (χ2n) is 8.27. The minimum Gasteiger partial charge on any atom is -0.342 e. The Bertz CT molecular complexity index is 908. The third-order valence-electron chi connectivity index (χ3n) is 6.34. The normalized spacial score (nSPS) is 16.8. The van der Waals surface area contributed by atoms with Crippen LogP contribution in [-0.2, 0) is 11.2 Å². The molecule has 1 saturated carbocycles. The van der Waals surface area contributed by atoms with Crippen molar-refractivity contribution < 1.29 is 9.59 Å². The van der Waals surface area contributed by atoms with Crippen molar-refractivity contribution in [2.45, 2.75) is 55.9 Å². The van der Waals surface area contributed by atoms with Crippen molar-refractivity contribution in [1.29, 1.82) is 0 Å². The number of nitrogens with zero attached hydrogens (tertiary/aromatic N) is 2. The Kier molecular flexibility index (Phi) is 6.78. The van der Waals surface area contributed by atoms with Gasteiger partial charge in [-0.3, -0.25) is 9.59 Å². The number of benzene rings is 2. The van der Waals surface area contributed by atoms with E-state index in [0.717, 1.165) is 42.8 Å². The predicted octanol–water partition coefficient (Wildman–Crippen LogP) is 5.16. The molecule has 1 aliphatic heterocycles. The van der Waals surface area contributed by atoms with Gasteiger partial charge in [0, 0.05) is 30.2 Å². The third kappa shape index (κ3) is 4.56. The van der Waals surface area contributed by atoms with E-state index in [1.54, 1.807) is 0 Å².